The number of carbonyl (C=O) groups excluding carboxylic acids is 1. The van der Waals surface area contributed by atoms with Gasteiger partial charge in [0.1, 0.15) is 12.4 Å². The Bertz CT molecular complexity index is 397. The van der Waals surface area contributed by atoms with Gasteiger partial charge in [0.2, 0.25) is 0 Å². The molecule has 0 aliphatic heterocycles. The van der Waals surface area contributed by atoms with Crippen LogP contribution in [0.15, 0.2) is 23.7 Å². The number of aldehydes is 1. The molecular weight excluding hydrogens is 212 g/mol. The number of aryl methyl sites for hydroxylation is 2. The van der Waals surface area contributed by atoms with E-state index >= 15 is 0 Å². The molecule has 0 aliphatic rings. The quantitative estimate of drug-likeness (QED) is 0.734. The molecular formula is C12H13ClO2. The van der Waals surface area contributed by atoms with Crippen molar-refractivity contribution in [1.82, 2.24) is 0 Å². The second-order valence-electron chi connectivity index (χ2n) is 3.42. The third kappa shape index (κ3) is 3.10. The Balaban J connectivity index is 3.03. The fourth-order valence-electron chi connectivity index (χ4n) is 1.37. The molecule has 15 heavy (non-hydrogen) atoms. The van der Waals surface area contributed by atoms with Crippen LogP contribution in [0, 0.1) is 13.8 Å². The normalized spacial score (nSPS) is 9.80. The highest BCUT2D eigenvalue weighted by Gasteiger charge is 2.07. The first-order chi connectivity index (χ1) is 7.04. The second kappa shape index (κ2) is 4.99. The van der Waals surface area contributed by atoms with Crippen molar-refractivity contribution in [3.05, 3.63) is 40.4 Å². The van der Waals surface area contributed by atoms with Crippen LogP contribution >= 0.6 is 11.6 Å². The molecule has 0 radical (unpaired) electrons. The molecule has 1 aromatic carbocycles. The highest BCUT2D eigenvalue weighted by molar-refractivity contribution is 6.29. The molecule has 0 bridgehead atoms. The summed E-state index contributed by atoms with van der Waals surface area (Å²) < 4.78 is 5.39. The molecule has 0 spiro atoms. The molecule has 0 unspecified atom stereocenters. The van der Waals surface area contributed by atoms with E-state index in [-0.39, 0.29) is 6.61 Å². The number of ether oxygens (including phenoxy) is 1. The summed E-state index contributed by atoms with van der Waals surface area (Å²) in [5.74, 6) is 0.560. The van der Waals surface area contributed by atoms with Crippen molar-refractivity contribution in [3.8, 4) is 5.75 Å². The molecule has 80 valence electrons. The minimum Gasteiger partial charge on any atom is -0.487 e. The first kappa shape index (κ1) is 11.8. The van der Waals surface area contributed by atoms with Crippen LogP contribution in [0.2, 0.25) is 0 Å². The van der Waals surface area contributed by atoms with Gasteiger partial charge < -0.3 is 4.74 Å². The van der Waals surface area contributed by atoms with Gasteiger partial charge in [-0.1, -0.05) is 24.2 Å². The van der Waals surface area contributed by atoms with Gasteiger partial charge in [0.05, 0.1) is 5.56 Å². The number of hydrogen-bond donors (Lipinski definition) is 0. The molecule has 0 atom stereocenters. The maximum absolute atomic E-state index is 10.9. The molecule has 1 rings (SSSR count). The van der Waals surface area contributed by atoms with Gasteiger partial charge in [0, 0.05) is 5.03 Å². The maximum atomic E-state index is 10.9. The zero-order chi connectivity index (χ0) is 11.4. The average Bonchev–Trinajstić information content (AvgIpc) is 2.13. The van der Waals surface area contributed by atoms with Crippen LogP contribution in [0.3, 0.4) is 0 Å². The van der Waals surface area contributed by atoms with Crippen LogP contribution in [0.4, 0.5) is 0 Å². The van der Waals surface area contributed by atoms with Crippen LogP contribution < -0.4 is 4.74 Å². The fraction of sp³-hybridized carbons (Fsp3) is 0.250. The summed E-state index contributed by atoms with van der Waals surface area (Å²) in [5, 5.41) is 0.408. The average molecular weight is 225 g/mol. The van der Waals surface area contributed by atoms with Gasteiger partial charge in [-0.25, -0.2) is 0 Å². The fourth-order valence-corrected chi connectivity index (χ4v) is 1.42. The third-order valence-corrected chi connectivity index (χ3v) is 2.10. The van der Waals surface area contributed by atoms with Gasteiger partial charge in [0.25, 0.3) is 0 Å². The van der Waals surface area contributed by atoms with E-state index in [2.05, 4.69) is 6.58 Å². The van der Waals surface area contributed by atoms with Crippen LogP contribution in [-0.4, -0.2) is 12.9 Å². The van der Waals surface area contributed by atoms with Crippen molar-refractivity contribution >= 4 is 17.9 Å². The van der Waals surface area contributed by atoms with Gasteiger partial charge in [-0.05, 0) is 31.0 Å². The smallest absolute Gasteiger partial charge is 0.154 e. The molecule has 0 aromatic heterocycles. The van der Waals surface area contributed by atoms with Crippen LogP contribution in [0.1, 0.15) is 21.5 Å². The monoisotopic (exact) mass is 224 g/mol. The van der Waals surface area contributed by atoms with Crippen molar-refractivity contribution in [1.29, 1.82) is 0 Å². The van der Waals surface area contributed by atoms with Crippen LogP contribution in [-0.2, 0) is 0 Å². The predicted octanol–water partition coefficient (Wildman–Crippen LogP) is 3.25. The predicted molar refractivity (Wildman–Crippen MR) is 61.8 cm³/mol. The van der Waals surface area contributed by atoms with E-state index in [1.54, 1.807) is 0 Å². The zero-order valence-corrected chi connectivity index (χ0v) is 9.60. The highest BCUT2D eigenvalue weighted by Crippen LogP contribution is 2.23. The molecule has 2 nitrogen and oxygen atoms in total. The standard InChI is InChI=1S/C12H13ClO2/c1-8-4-9(2)11(6-14)12(5-8)15-7-10(3)13/h4-6H,3,7H2,1-2H3. The first-order valence-corrected chi connectivity index (χ1v) is 4.95. The lowest BCUT2D eigenvalue weighted by molar-refractivity contribution is 0.111. The Labute approximate surface area is 94.5 Å². The van der Waals surface area contributed by atoms with Gasteiger partial charge in [-0.2, -0.15) is 0 Å². The Morgan fingerprint density at radius 3 is 2.73 bits per heavy atom. The van der Waals surface area contributed by atoms with Gasteiger partial charge in [-0.3, -0.25) is 4.79 Å². The van der Waals surface area contributed by atoms with E-state index in [1.807, 2.05) is 26.0 Å². The van der Waals surface area contributed by atoms with Crippen molar-refractivity contribution in [2.45, 2.75) is 13.8 Å². The Kier molecular flexibility index (Phi) is 3.92. The highest BCUT2D eigenvalue weighted by atomic mass is 35.5. The number of rotatable bonds is 4. The number of carbonyl (C=O) groups is 1. The van der Waals surface area contributed by atoms with Crippen molar-refractivity contribution in [2.75, 3.05) is 6.61 Å². The lowest BCUT2D eigenvalue weighted by Crippen LogP contribution is -2.01. The SMILES string of the molecule is C=C(Cl)COc1cc(C)cc(C)c1C=O. The van der Waals surface area contributed by atoms with E-state index in [0.29, 0.717) is 16.3 Å². The maximum Gasteiger partial charge on any atom is 0.154 e. The molecule has 3 heteroatoms. The first-order valence-electron chi connectivity index (χ1n) is 4.57. The van der Waals surface area contributed by atoms with E-state index < -0.39 is 0 Å². The van der Waals surface area contributed by atoms with Gasteiger partial charge >= 0.3 is 0 Å². The summed E-state index contributed by atoms with van der Waals surface area (Å²) in [5.41, 5.74) is 2.52. The molecule has 0 fully saturated rings. The summed E-state index contributed by atoms with van der Waals surface area (Å²) in [7, 11) is 0. The number of hydrogen-bond acceptors (Lipinski definition) is 2. The lowest BCUT2D eigenvalue weighted by atomic mass is 10.1. The van der Waals surface area contributed by atoms with E-state index in [0.717, 1.165) is 17.4 Å². The van der Waals surface area contributed by atoms with Crippen LogP contribution in [0.5, 0.6) is 5.75 Å². The topological polar surface area (TPSA) is 26.3 Å². The van der Waals surface area contributed by atoms with Gasteiger partial charge in [-0.15, -0.1) is 0 Å². The van der Waals surface area contributed by atoms with E-state index in [9.17, 15) is 4.79 Å². The summed E-state index contributed by atoms with van der Waals surface area (Å²) in [6.45, 7) is 7.56. The van der Waals surface area contributed by atoms with Crippen molar-refractivity contribution < 1.29 is 9.53 Å². The Morgan fingerprint density at radius 2 is 2.20 bits per heavy atom. The van der Waals surface area contributed by atoms with Crippen LogP contribution in [0.25, 0.3) is 0 Å². The van der Waals surface area contributed by atoms with Crippen molar-refractivity contribution in [3.63, 3.8) is 0 Å². The zero-order valence-electron chi connectivity index (χ0n) is 8.84. The number of halogens is 1. The second-order valence-corrected chi connectivity index (χ2v) is 3.95. The molecule has 0 saturated carbocycles. The third-order valence-electron chi connectivity index (χ3n) is 2.00. The van der Waals surface area contributed by atoms with Crippen molar-refractivity contribution in [2.24, 2.45) is 0 Å². The molecule has 1 aromatic rings. The molecule has 0 saturated heterocycles. The molecule has 0 aliphatic carbocycles. The minimum atomic E-state index is 0.214. The Morgan fingerprint density at radius 1 is 1.53 bits per heavy atom. The summed E-state index contributed by atoms with van der Waals surface area (Å²) >= 11 is 5.59. The molecule has 0 amide bonds. The Hall–Kier alpha value is -1.28. The molecule has 0 heterocycles. The number of benzene rings is 1. The minimum absolute atomic E-state index is 0.214. The van der Waals surface area contributed by atoms with Gasteiger partial charge in [0.15, 0.2) is 6.29 Å². The summed E-state index contributed by atoms with van der Waals surface area (Å²) in [6, 6.07) is 3.75. The van der Waals surface area contributed by atoms with E-state index in [1.165, 1.54) is 0 Å². The lowest BCUT2D eigenvalue weighted by Gasteiger charge is -2.10. The van der Waals surface area contributed by atoms with E-state index in [4.69, 9.17) is 16.3 Å². The largest absolute Gasteiger partial charge is 0.487 e. The summed E-state index contributed by atoms with van der Waals surface area (Å²) in [4.78, 5) is 10.9. The molecule has 0 N–H and O–H groups in total. The summed E-state index contributed by atoms with van der Waals surface area (Å²) in [6.07, 6.45) is 0.793.